The molecule has 1 aliphatic heterocycles. The minimum atomic E-state index is -0.518. The fourth-order valence-corrected chi connectivity index (χ4v) is 1.40. The summed E-state index contributed by atoms with van der Waals surface area (Å²) in [6, 6.07) is -0.544. The standard InChI is InChI=1S/C6H11IN2O3/c7-5-11-2-1-4(3-12-5)9-6(8)10/h4-5H,1-3H2,(H3,8,9,10). The molecular formula is C6H11IN2O3. The third-order valence-corrected chi connectivity index (χ3v) is 2.21. The van der Waals surface area contributed by atoms with Crippen LogP contribution in [0.1, 0.15) is 6.42 Å². The Morgan fingerprint density at radius 3 is 3.00 bits per heavy atom. The summed E-state index contributed by atoms with van der Waals surface area (Å²) < 4.78 is 10.2. The first-order valence-corrected chi connectivity index (χ1v) is 4.86. The van der Waals surface area contributed by atoms with Crippen LogP contribution < -0.4 is 11.1 Å². The Morgan fingerprint density at radius 1 is 1.58 bits per heavy atom. The highest BCUT2D eigenvalue weighted by atomic mass is 127. The van der Waals surface area contributed by atoms with Gasteiger partial charge in [-0.3, -0.25) is 0 Å². The lowest BCUT2D eigenvalue weighted by Gasteiger charge is -2.12. The molecule has 1 fully saturated rings. The van der Waals surface area contributed by atoms with E-state index < -0.39 is 6.03 Å². The van der Waals surface area contributed by atoms with Crippen molar-refractivity contribution in [3.05, 3.63) is 0 Å². The zero-order valence-corrected chi connectivity index (χ0v) is 8.61. The van der Waals surface area contributed by atoms with Crippen molar-refractivity contribution in [3.8, 4) is 0 Å². The molecule has 6 heteroatoms. The van der Waals surface area contributed by atoms with Gasteiger partial charge in [0.15, 0.2) is 0 Å². The zero-order valence-electron chi connectivity index (χ0n) is 6.46. The quantitative estimate of drug-likeness (QED) is 0.533. The van der Waals surface area contributed by atoms with Crippen LogP contribution in [0.4, 0.5) is 4.79 Å². The van der Waals surface area contributed by atoms with Gasteiger partial charge in [-0.2, -0.15) is 0 Å². The van der Waals surface area contributed by atoms with E-state index in [0.717, 1.165) is 6.42 Å². The van der Waals surface area contributed by atoms with Crippen molar-refractivity contribution in [2.24, 2.45) is 5.73 Å². The molecule has 2 unspecified atom stereocenters. The second-order valence-corrected chi connectivity index (χ2v) is 3.49. The number of primary amides is 1. The van der Waals surface area contributed by atoms with Gasteiger partial charge in [0.1, 0.15) is 0 Å². The van der Waals surface area contributed by atoms with Gasteiger partial charge in [-0.25, -0.2) is 4.79 Å². The summed E-state index contributed by atoms with van der Waals surface area (Å²) in [5.74, 6) is 0. The summed E-state index contributed by atoms with van der Waals surface area (Å²) in [5, 5.41) is 2.57. The average Bonchev–Trinajstić information content (AvgIpc) is 2.15. The molecule has 2 amide bonds. The van der Waals surface area contributed by atoms with Gasteiger partial charge in [0.25, 0.3) is 0 Å². The predicted molar refractivity (Wildman–Crippen MR) is 50.8 cm³/mol. The molecule has 1 heterocycles. The van der Waals surface area contributed by atoms with Gasteiger partial charge in [0.2, 0.25) is 4.30 Å². The molecule has 0 aromatic rings. The Kier molecular flexibility index (Phi) is 4.02. The van der Waals surface area contributed by atoms with Crippen LogP contribution in [0.5, 0.6) is 0 Å². The van der Waals surface area contributed by atoms with E-state index >= 15 is 0 Å². The lowest BCUT2D eigenvalue weighted by molar-refractivity contribution is -0.0504. The van der Waals surface area contributed by atoms with Crippen LogP contribution >= 0.6 is 22.6 Å². The van der Waals surface area contributed by atoms with E-state index in [4.69, 9.17) is 15.2 Å². The molecule has 12 heavy (non-hydrogen) atoms. The molecule has 0 spiro atoms. The van der Waals surface area contributed by atoms with Crippen molar-refractivity contribution in [1.29, 1.82) is 0 Å². The number of alkyl halides is 1. The van der Waals surface area contributed by atoms with E-state index in [0.29, 0.717) is 13.2 Å². The van der Waals surface area contributed by atoms with Gasteiger partial charge in [0.05, 0.1) is 19.3 Å². The maximum Gasteiger partial charge on any atom is 0.312 e. The molecule has 0 aromatic carbocycles. The van der Waals surface area contributed by atoms with E-state index in [2.05, 4.69) is 5.32 Å². The molecule has 1 saturated heterocycles. The van der Waals surface area contributed by atoms with Gasteiger partial charge in [-0.1, -0.05) is 0 Å². The third kappa shape index (κ3) is 3.55. The van der Waals surface area contributed by atoms with Crippen molar-refractivity contribution >= 4 is 28.6 Å². The molecule has 0 aromatic heterocycles. The number of hydrogen-bond acceptors (Lipinski definition) is 3. The average molecular weight is 286 g/mol. The molecule has 0 saturated carbocycles. The lowest BCUT2D eigenvalue weighted by Crippen LogP contribution is -2.41. The number of nitrogens with one attached hydrogen (secondary N) is 1. The maximum absolute atomic E-state index is 10.5. The predicted octanol–water partition coefficient (Wildman–Crippen LogP) is 0.179. The Bertz CT molecular complexity index is 167. The number of amides is 2. The Labute approximate surface area is 84.1 Å². The highest BCUT2D eigenvalue weighted by molar-refractivity contribution is 14.1. The van der Waals surface area contributed by atoms with Crippen molar-refractivity contribution < 1.29 is 14.3 Å². The highest BCUT2D eigenvalue weighted by Gasteiger charge is 2.17. The van der Waals surface area contributed by atoms with Gasteiger partial charge < -0.3 is 20.5 Å². The van der Waals surface area contributed by atoms with Crippen LogP contribution in [0.25, 0.3) is 0 Å². The zero-order chi connectivity index (χ0) is 8.97. The summed E-state index contributed by atoms with van der Waals surface area (Å²) in [5.41, 5.74) is 4.96. The Morgan fingerprint density at radius 2 is 2.33 bits per heavy atom. The number of nitrogens with two attached hydrogens (primary N) is 1. The van der Waals surface area contributed by atoms with Gasteiger partial charge in [0, 0.05) is 0 Å². The minimum absolute atomic E-state index is 0.0257. The molecule has 0 radical (unpaired) electrons. The number of urea groups is 1. The molecule has 0 bridgehead atoms. The summed E-state index contributed by atoms with van der Waals surface area (Å²) >= 11 is 2.04. The van der Waals surface area contributed by atoms with E-state index in [1.54, 1.807) is 0 Å². The fraction of sp³-hybridized carbons (Fsp3) is 0.833. The van der Waals surface area contributed by atoms with Crippen LogP contribution in [0.3, 0.4) is 0 Å². The lowest BCUT2D eigenvalue weighted by atomic mass is 10.2. The van der Waals surface area contributed by atoms with Crippen LogP contribution in [-0.2, 0) is 9.47 Å². The molecular weight excluding hydrogens is 275 g/mol. The topological polar surface area (TPSA) is 73.6 Å². The van der Waals surface area contributed by atoms with Gasteiger partial charge in [-0.05, 0) is 29.0 Å². The molecule has 0 aliphatic carbocycles. The largest absolute Gasteiger partial charge is 0.352 e. The van der Waals surface area contributed by atoms with Crippen molar-refractivity contribution in [2.45, 2.75) is 16.8 Å². The SMILES string of the molecule is NC(=O)NC1CCOC(I)OC1. The van der Waals surface area contributed by atoms with Crippen molar-refractivity contribution in [3.63, 3.8) is 0 Å². The van der Waals surface area contributed by atoms with Crippen molar-refractivity contribution in [2.75, 3.05) is 13.2 Å². The maximum atomic E-state index is 10.5. The van der Waals surface area contributed by atoms with Crippen LogP contribution in [0, 0.1) is 0 Å². The Hall–Kier alpha value is -0.0800. The van der Waals surface area contributed by atoms with Crippen LogP contribution in [0.15, 0.2) is 0 Å². The minimum Gasteiger partial charge on any atom is -0.352 e. The monoisotopic (exact) mass is 286 g/mol. The van der Waals surface area contributed by atoms with Crippen LogP contribution in [-0.4, -0.2) is 29.6 Å². The molecule has 1 aliphatic rings. The van der Waals surface area contributed by atoms with E-state index in [-0.39, 0.29) is 10.3 Å². The number of rotatable bonds is 1. The Balaban J connectivity index is 2.30. The molecule has 3 N–H and O–H groups in total. The molecule has 5 nitrogen and oxygen atoms in total. The first kappa shape index (κ1) is 10.0. The normalized spacial score (nSPS) is 30.8. The summed E-state index contributed by atoms with van der Waals surface area (Å²) in [4.78, 5) is 10.5. The van der Waals surface area contributed by atoms with Gasteiger partial charge >= 0.3 is 6.03 Å². The number of ether oxygens (including phenoxy) is 2. The fourth-order valence-electron chi connectivity index (χ4n) is 0.941. The number of carbonyl (C=O) groups is 1. The first-order chi connectivity index (χ1) is 5.68. The van der Waals surface area contributed by atoms with Crippen molar-refractivity contribution in [1.82, 2.24) is 5.32 Å². The highest BCUT2D eigenvalue weighted by Crippen LogP contribution is 2.11. The summed E-state index contributed by atoms with van der Waals surface area (Å²) in [6.45, 7) is 1.04. The number of halogens is 1. The molecule has 2 atom stereocenters. The summed E-state index contributed by atoms with van der Waals surface area (Å²) in [7, 11) is 0. The second-order valence-electron chi connectivity index (χ2n) is 2.47. The third-order valence-electron chi connectivity index (χ3n) is 1.49. The van der Waals surface area contributed by atoms with E-state index in [1.807, 2.05) is 22.6 Å². The first-order valence-electron chi connectivity index (χ1n) is 3.61. The number of hydrogen-bond donors (Lipinski definition) is 2. The van der Waals surface area contributed by atoms with Gasteiger partial charge in [-0.15, -0.1) is 0 Å². The van der Waals surface area contributed by atoms with E-state index in [1.165, 1.54) is 0 Å². The smallest absolute Gasteiger partial charge is 0.312 e. The second kappa shape index (κ2) is 4.83. The van der Waals surface area contributed by atoms with E-state index in [9.17, 15) is 4.79 Å². The number of carbonyl (C=O) groups excluding carboxylic acids is 1. The van der Waals surface area contributed by atoms with Crippen LogP contribution in [0.2, 0.25) is 0 Å². The molecule has 70 valence electrons. The summed E-state index contributed by atoms with van der Waals surface area (Å²) in [6.07, 6.45) is 0.739. The molecule has 1 rings (SSSR count).